The highest BCUT2D eigenvalue weighted by molar-refractivity contribution is 5.10. The van der Waals surface area contributed by atoms with Gasteiger partial charge in [-0.05, 0) is 26.8 Å². The summed E-state index contributed by atoms with van der Waals surface area (Å²) in [5, 5.41) is 11.6. The Kier molecular flexibility index (Phi) is 5.42. The lowest BCUT2D eigenvalue weighted by atomic mass is 10.2. The molecule has 1 N–H and O–H groups in total. The minimum Gasteiger partial charge on any atom is -0.385 e. The van der Waals surface area contributed by atoms with E-state index in [0.717, 1.165) is 31.7 Å². The Labute approximate surface area is 97.2 Å². The van der Waals surface area contributed by atoms with Gasteiger partial charge in [-0.2, -0.15) is 0 Å². The van der Waals surface area contributed by atoms with Gasteiger partial charge >= 0.3 is 0 Å². The van der Waals surface area contributed by atoms with Crippen molar-refractivity contribution in [3.63, 3.8) is 0 Å². The van der Waals surface area contributed by atoms with E-state index in [1.807, 2.05) is 11.7 Å². The Morgan fingerprint density at radius 2 is 2.25 bits per heavy atom. The topological polar surface area (TPSA) is 52.0 Å². The minimum atomic E-state index is 0.341. The fourth-order valence-electron chi connectivity index (χ4n) is 1.78. The van der Waals surface area contributed by atoms with Crippen molar-refractivity contribution >= 4 is 0 Å². The average Bonchev–Trinajstić information content (AvgIpc) is 2.69. The molecule has 0 fully saturated rings. The van der Waals surface area contributed by atoms with Gasteiger partial charge in [0.25, 0.3) is 0 Å². The molecule has 1 unspecified atom stereocenters. The predicted molar refractivity (Wildman–Crippen MR) is 63.4 cm³/mol. The number of hydrogen-bond acceptors (Lipinski definition) is 4. The van der Waals surface area contributed by atoms with Crippen molar-refractivity contribution in [2.24, 2.45) is 0 Å². The fraction of sp³-hybridized carbons (Fsp3) is 0.818. The van der Waals surface area contributed by atoms with Gasteiger partial charge in [0, 0.05) is 20.3 Å². The molecule has 0 saturated carbocycles. The molecule has 0 bridgehead atoms. The molecule has 1 atom stereocenters. The second-order valence-corrected chi connectivity index (χ2v) is 3.94. The van der Waals surface area contributed by atoms with Crippen LogP contribution < -0.4 is 5.32 Å². The Morgan fingerprint density at radius 1 is 1.50 bits per heavy atom. The molecule has 0 aliphatic carbocycles. The maximum atomic E-state index is 5.09. The van der Waals surface area contributed by atoms with Crippen molar-refractivity contribution in [1.82, 2.24) is 20.3 Å². The Hall–Kier alpha value is -0.940. The summed E-state index contributed by atoms with van der Waals surface area (Å²) in [5.41, 5.74) is 2.27. The Morgan fingerprint density at radius 3 is 2.81 bits per heavy atom. The smallest absolute Gasteiger partial charge is 0.0996 e. The summed E-state index contributed by atoms with van der Waals surface area (Å²) < 4.78 is 7.11. The summed E-state index contributed by atoms with van der Waals surface area (Å²) in [7, 11) is 3.65. The van der Waals surface area contributed by atoms with Crippen LogP contribution in [-0.2, 0) is 17.7 Å². The van der Waals surface area contributed by atoms with Gasteiger partial charge in [-0.25, -0.2) is 4.68 Å². The largest absolute Gasteiger partial charge is 0.385 e. The third-order valence-electron chi connectivity index (χ3n) is 2.71. The van der Waals surface area contributed by atoms with Gasteiger partial charge in [0.2, 0.25) is 0 Å². The number of ether oxygens (including phenoxy) is 1. The van der Waals surface area contributed by atoms with Gasteiger partial charge in [0.1, 0.15) is 0 Å². The molecular formula is C11H22N4O. The molecule has 1 aromatic rings. The molecule has 0 spiro atoms. The monoisotopic (exact) mass is 226 g/mol. The maximum Gasteiger partial charge on any atom is 0.0996 e. The molecule has 5 nitrogen and oxygen atoms in total. The first-order valence-corrected chi connectivity index (χ1v) is 5.81. The van der Waals surface area contributed by atoms with Gasteiger partial charge in [0.05, 0.1) is 17.4 Å². The normalized spacial score (nSPS) is 13.0. The van der Waals surface area contributed by atoms with Crippen LogP contribution in [-0.4, -0.2) is 35.8 Å². The van der Waals surface area contributed by atoms with E-state index in [1.54, 1.807) is 7.11 Å². The Bertz CT molecular complexity index is 311. The van der Waals surface area contributed by atoms with Crippen LogP contribution in [0.2, 0.25) is 0 Å². The molecule has 1 rings (SSSR count). The zero-order valence-electron chi connectivity index (χ0n) is 10.7. The molecule has 0 radical (unpaired) electrons. The first-order chi connectivity index (χ1) is 7.74. The van der Waals surface area contributed by atoms with Crippen LogP contribution in [0.15, 0.2) is 0 Å². The first kappa shape index (κ1) is 13.1. The second-order valence-electron chi connectivity index (χ2n) is 3.94. The fourth-order valence-corrected chi connectivity index (χ4v) is 1.78. The zero-order valence-corrected chi connectivity index (χ0v) is 10.7. The van der Waals surface area contributed by atoms with E-state index in [9.17, 15) is 0 Å². The number of aromatic nitrogens is 3. The zero-order chi connectivity index (χ0) is 12.0. The molecule has 92 valence electrons. The quantitative estimate of drug-likeness (QED) is 0.758. The van der Waals surface area contributed by atoms with Gasteiger partial charge < -0.3 is 10.1 Å². The van der Waals surface area contributed by atoms with Gasteiger partial charge in [-0.3, -0.25) is 0 Å². The lowest BCUT2D eigenvalue weighted by Gasteiger charge is -2.14. The van der Waals surface area contributed by atoms with Crippen molar-refractivity contribution in [2.75, 3.05) is 20.8 Å². The van der Waals surface area contributed by atoms with Crippen molar-refractivity contribution in [1.29, 1.82) is 0 Å². The van der Waals surface area contributed by atoms with Crippen LogP contribution in [0.4, 0.5) is 0 Å². The van der Waals surface area contributed by atoms with Crippen molar-refractivity contribution < 1.29 is 4.74 Å². The maximum absolute atomic E-state index is 5.09. The number of methoxy groups -OCH3 is 1. The highest BCUT2D eigenvalue weighted by Crippen LogP contribution is 2.15. The van der Waals surface area contributed by atoms with Crippen LogP contribution in [0.1, 0.15) is 37.7 Å². The first-order valence-electron chi connectivity index (χ1n) is 5.81. The van der Waals surface area contributed by atoms with E-state index in [-0.39, 0.29) is 0 Å². The lowest BCUT2D eigenvalue weighted by molar-refractivity contribution is 0.177. The summed E-state index contributed by atoms with van der Waals surface area (Å²) in [6.07, 6.45) is 1.92. The Balaban J connectivity index is 2.78. The molecule has 0 aliphatic rings. The predicted octanol–water partition coefficient (Wildman–Crippen LogP) is 1.16. The van der Waals surface area contributed by atoms with Crippen molar-refractivity contribution in [3.05, 3.63) is 11.4 Å². The van der Waals surface area contributed by atoms with E-state index >= 15 is 0 Å². The highest BCUT2D eigenvalue weighted by Gasteiger charge is 2.14. The summed E-state index contributed by atoms with van der Waals surface area (Å²) in [6, 6.07) is 0.341. The summed E-state index contributed by atoms with van der Waals surface area (Å²) in [5.74, 6) is 0. The molecule has 1 heterocycles. The van der Waals surface area contributed by atoms with Crippen LogP contribution in [0.25, 0.3) is 0 Å². The van der Waals surface area contributed by atoms with Crippen molar-refractivity contribution in [2.45, 2.75) is 39.3 Å². The molecule has 5 heteroatoms. The number of rotatable bonds is 7. The van der Waals surface area contributed by atoms with Crippen LogP contribution in [0.5, 0.6) is 0 Å². The number of hydrogen-bond donors (Lipinski definition) is 1. The standard InChI is InChI=1S/C11H22N4O/c1-5-11-10(8-12-3)13-14-15(11)9(2)6-7-16-4/h9,12H,5-8H2,1-4H3. The molecule has 0 saturated heterocycles. The molecule has 1 aromatic heterocycles. The summed E-state index contributed by atoms with van der Waals surface area (Å²) in [4.78, 5) is 0. The van der Waals surface area contributed by atoms with Crippen LogP contribution in [0.3, 0.4) is 0 Å². The highest BCUT2D eigenvalue weighted by atomic mass is 16.5. The van der Waals surface area contributed by atoms with Crippen LogP contribution in [0, 0.1) is 0 Å². The molecule has 16 heavy (non-hydrogen) atoms. The molecule has 0 aromatic carbocycles. The summed E-state index contributed by atoms with van der Waals surface area (Å²) in [6.45, 7) is 5.82. The second kappa shape index (κ2) is 6.60. The number of nitrogens with one attached hydrogen (secondary N) is 1. The molecule has 0 amide bonds. The van der Waals surface area contributed by atoms with E-state index in [2.05, 4.69) is 29.5 Å². The number of nitrogens with zero attached hydrogens (tertiary/aromatic N) is 3. The SMILES string of the molecule is CCc1c(CNC)nnn1C(C)CCOC. The van der Waals surface area contributed by atoms with E-state index in [4.69, 9.17) is 4.74 Å². The van der Waals surface area contributed by atoms with Crippen molar-refractivity contribution in [3.8, 4) is 0 Å². The molecular weight excluding hydrogens is 204 g/mol. The third kappa shape index (κ3) is 3.02. The third-order valence-corrected chi connectivity index (χ3v) is 2.71. The van der Waals surface area contributed by atoms with Gasteiger partial charge in [-0.1, -0.05) is 12.1 Å². The minimum absolute atomic E-state index is 0.341. The van der Waals surface area contributed by atoms with E-state index in [0.29, 0.717) is 6.04 Å². The van der Waals surface area contributed by atoms with Gasteiger partial charge in [-0.15, -0.1) is 5.10 Å². The lowest BCUT2D eigenvalue weighted by Crippen LogP contribution is -2.14. The molecule has 0 aliphatic heterocycles. The van der Waals surface area contributed by atoms with Crippen LogP contribution >= 0.6 is 0 Å². The summed E-state index contributed by atoms with van der Waals surface area (Å²) >= 11 is 0. The van der Waals surface area contributed by atoms with Gasteiger partial charge in [0.15, 0.2) is 0 Å². The van der Waals surface area contributed by atoms with E-state index in [1.165, 1.54) is 5.69 Å². The average molecular weight is 226 g/mol. The van der Waals surface area contributed by atoms with E-state index < -0.39 is 0 Å².